The Bertz CT molecular complexity index is 260. The Balaban J connectivity index is 1.93. The summed E-state index contributed by atoms with van der Waals surface area (Å²) >= 11 is 1.73. The molecule has 0 unspecified atom stereocenters. The first-order valence-electron chi connectivity index (χ1n) is 5.65. The molecule has 1 rings (SSSR count). The Morgan fingerprint density at radius 3 is 2.53 bits per heavy atom. The van der Waals surface area contributed by atoms with Crippen LogP contribution in [0, 0.1) is 6.92 Å². The van der Waals surface area contributed by atoms with Gasteiger partial charge in [0.15, 0.2) is 0 Å². The van der Waals surface area contributed by atoms with E-state index in [4.69, 9.17) is 0 Å². The molecule has 2 N–H and O–H groups in total. The van der Waals surface area contributed by atoms with Crippen LogP contribution in [0.15, 0.2) is 5.38 Å². The lowest BCUT2D eigenvalue weighted by Gasteiger charge is -2.04. The second-order valence-electron chi connectivity index (χ2n) is 3.61. The normalized spacial score (nSPS) is 10.8. The predicted molar refractivity (Wildman–Crippen MR) is 66.6 cm³/mol. The second-order valence-corrected chi connectivity index (χ2v) is 4.67. The van der Waals surface area contributed by atoms with Gasteiger partial charge in [-0.2, -0.15) is 0 Å². The molecule has 0 radical (unpaired) electrons. The van der Waals surface area contributed by atoms with Gasteiger partial charge in [-0.1, -0.05) is 6.92 Å². The molecule has 0 aliphatic rings. The first-order chi connectivity index (χ1) is 7.33. The van der Waals surface area contributed by atoms with Crippen LogP contribution in [-0.4, -0.2) is 31.2 Å². The fraction of sp³-hybridized carbons (Fsp3) is 0.727. The number of thiazole rings is 1. The van der Waals surface area contributed by atoms with Crippen molar-refractivity contribution in [2.75, 3.05) is 26.2 Å². The first-order valence-corrected chi connectivity index (χ1v) is 6.53. The van der Waals surface area contributed by atoms with Gasteiger partial charge in [-0.3, -0.25) is 0 Å². The Kier molecular flexibility index (Phi) is 6.55. The fourth-order valence-corrected chi connectivity index (χ4v) is 1.99. The van der Waals surface area contributed by atoms with E-state index >= 15 is 0 Å². The number of rotatable bonds is 8. The maximum atomic E-state index is 4.42. The van der Waals surface area contributed by atoms with Crippen molar-refractivity contribution in [1.82, 2.24) is 15.6 Å². The highest BCUT2D eigenvalue weighted by atomic mass is 32.1. The van der Waals surface area contributed by atoms with Crippen LogP contribution < -0.4 is 10.6 Å². The van der Waals surface area contributed by atoms with E-state index in [-0.39, 0.29) is 0 Å². The van der Waals surface area contributed by atoms with Crippen LogP contribution in [0.4, 0.5) is 0 Å². The van der Waals surface area contributed by atoms with E-state index < -0.39 is 0 Å². The third-order valence-corrected chi connectivity index (χ3v) is 2.95. The number of hydrogen-bond acceptors (Lipinski definition) is 4. The van der Waals surface area contributed by atoms with Crippen molar-refractivity contribution < 1.29 is 0 Å². The molecule has 1 aromatic rings. The van der Waals surface area contributed by atoms with Gasteiger partial charge in [0.05, 0.1) is 10.7 Å². The summed E-state index contributed by atoms with van der Waals surface area (Å²) in [5, 5.41) is 10.1. The summed E-state index contributed by atoms with van der Waals surface area (Å²) in [6.07, 6.45) is 2.25. The van der Waals surface area contributed by atoms with Gasteiger partial charge in [-0.25, -0.2) is 4.98 Å². The minimum Gasteiger partial charge on any atom is -0.315 e. The van der Waals surface area contributed by atoms with Crippen molar-refractivity contribution >= 4 is 11.3 Å². The van der Waals surface area contributed by atoms with Crippen molar-refractivity contribution in [3.63, 3.8) is 0 Å². The maximum Gasteiger partial charge on any atom is 0.0897 e. The predicted octanol–water partition coefficient (Wildman–Crippen LogP) is 1.58. The summed E-state index contributed by atoms with van der Waals surface area (Å²) in [7, 11) is 0. The highest BCUT2D eigenvalue weighted by Gasteiger charge is 1.96. The lowest BCUT2D eigenvalue weighted by Crippen LogP contribution is -2.29. The van der Waals surface area contributed by atoms with Gasteiger partial charge in [-0.15, -0.1) is 11.3 Å². The van der Waals surface area contributed by atoms with Crippen molar-refractivity contribution in [3.05, 3.63) is 16.1 Å². The number of nitrogens with zero attached hydrogens (tertiary/aromatic N) is 1. The van der Waals surface area contributed by atoms with Crippen molar-refractivity contribution in [1.29, 1.82) is 0 Å². The molecule has 0 saturated carbocycles. The summed E-state index contributed by atoms with van der Waals surface area (Å²) in [5.74, 6) is 0. The third-order valence-electron chi connectivity index (χ3n) is 2.13. The van der Waals surface area contributed by atoms with E-state index in [1.807, 2.05) is 0 Å². The molecule has 4 heteroatoms. The smallest absolute Gasteiger partial charge is 0.0897 e. The molecule has 0 aliphatic heterocycles. The van der Waals surface area contributed by atoms with Crippen LogP contribution >= 0.6 is 11.3 Å². The largest absolute Gasteiger partial charge is 0.315 e. The summed E-state index contributed by atoms with van der Waals surface area (Å²) in [6, 6.07) is 0. The van der Waals surface area contributed by atoms with Crippen molar-refractivity contribution in [3.8, 4) is 0 Å². The van der Waals surface area contributed by atoms with Gasteiger partial charge in [0.1, 0.15) is 0 Å². The zero-order chi connectivity index (χ0) is 10.9. The molecule has 0 amide bonds. The van der Waals surface area contributed by atoms with Gasteiger partial charge in [0.2, 0.25) is 0 Å². The topological polar surface area (TPSA) is 37.0 Å². The summed E-state index contributed by atoms with van der Waals surface area (Å²) in [6.45, 7) is 8.48. The Labute approximate surface area is 96.3 Å². The molecular formula is C11H21N3S. The lowest BCUT2D eigenvalue weighted by molar-refractivity contribution is 0.605. The molecule has 0 atom stereocenters. The molecule has 0 fully saturated rings. The first kappa shape index (κ1) is 12.6. The molecule has 15 heavy (non-hydrogen) atoms. The Hall–Kier alpha value is -0.450. The molecule has 1 aromatic heterocycles. The van der Waals surface area contributed by atoms with Crippen LogP contribution in [0.25, 0.3) is 0 Å². The van der Waals surface area contributed by atoms with E-state index in [0.29, 0.717) is 0 Å². The molecule has 0 aromatic carbocycles. The SMILES string of the molecule is CCCNCCNCCc1csc(C)n1. The monoisotopic (exact) mass is 227 g/mol. The van der Waals surface area contributed by atoms with E-state index in [1.165, 1.54) is 12.1 Å². The van der Waals surface area contributed by atoms with Crippen LogP contribution in [0.1, 0.15) is 24.0 Å². The highest BCUT2D eigenvalue weighted by molar-refractivity contribution is 7.09. The Morgan fingerprint density at radius 2 is 1.93 bits per heavy atom. The van der Waals surface area contributed by atoms with Crippen LogP contribution in [0.5, 0.6) is 0 Å². The quantitative estimate of drug-likeness (QED) is 0.662. The van der Waals surface area contributed by atoms with Crippen LogP contribution in [0.3, 0.4) is 0 Å². The minimum absolute atomic E-state index is 1.02. The van der Waals surface area contributed by atoms with Crippen molar-refractivity contribution in [2.24, 2.45) is 0 Å². The molecule has 0 spiro atoms. The molecule has 3 nitrogen and oxygen atoms in total. The fourth-order valence-electron chi connectivity index (χ4n) is 1.34. The number of aromatic nitrogens is 1. The summed E-state index contributed by atoms with van der Waals surface area (Å²) in [5.41, 5.74) is 1.21. The van der Waals surface area contributed by atoms with Crippen molar-refractivity contribution in [2.45, 2.75) is 26.7 Å². The number of hydrogen-bond donors (Lipinski definition) is 2. The van der Waals surface area contributed by atoms with Gasteiger partial charge in [0.25, 0.3) is 0 Å². The highest BCUT2D eigenvalue weighted by Crippen LogP contribution is 2.07. The van der Waals surface area contributed by atoms with Gasteiger partial charge >= 0.3 is 0 Å². The summed E-state index contributed by atoms with van der Waals surface area (Å²) < 4.78 is 0. The standard InChI is InChI=1S/C11H21N3S/c1-3-5-12-7-8-13-6-4-11-9-15-10(2)14-11/h9,12-13H,3-8H2,1-2H3. The van der Waals surface area contributed by atoms with E-state index in [1.54, 1.807) is 11.3 Å². The molecule has 0 saturated heterocycles. The zero-order valence-corrected chi connectivity index (χ0v) is 10.5. The average molecular weight is 227 g/mol. The lowest BCUT2D eigenvalue weighted by atomic mass is 10.3. The second kappa shape index (κ2) is 7.79. The molecule has 1 heterocycles. The molecule has 86 valence electrons. The van der Waals surface area contributed by atoms with E-state index in [0.717, 1.165) is 37.6 Å². The zero-order valence-electron chi connectivity index (χ0n) is 9.68. The average Bonchev–Trinajstić information content (AvgIpc) is 2.63. The minimum atomic E-state index is 1.02. The molecular weight excluding hydrogens is 206 g/mol. The van der Waals surface area contributed by atoms with E-state index in [2.05, 4.69) is 34.8 Å². The van der Waals surface area contributed by atoms with Gasteiger partial charge in [-0.05, 0) is 19.9 Å². The molecule has 0 aliphatic carbocycles. The van der Waals surface area contributed by atoms with Gasteiger partial charge in [0, 0.05) is 31.4 Å². The third kappa shape index (κ3) is 5.87. The van der Waals surface area contributed by atoms with Crippen LogP contribution in [-0.2, 0) is 6.42 Å². The maximum absolute atomic E-state index is 4.42. The number of aryl methyl sites for hydroxylation is 1. The van der Waals surface area contributed by atoms with Gasteiger partial charge < -0.3 is 10.6 Å². The Morgan fingerprint density at radius 1 is 1.20 bits per heavy atom. The van der Waals surface area contributed by atoms with Crippen LogP contribution in [0.2, 0.25) is 0 Å². The number of nitrogens with one attached hydrogen (secondary N) is 2. The molecule has 0 bridgehead atoms. The summed E-state index contributed by atoms with van der Waals surface area (Å²) in [4.78, 5) is 4.42. The van der Waals surface area contributed by atoms with E-state index in [9.17, 15) is 0 Å².